The Bertz CT molecular complexity index is 452. The standard InChI is InChI=1S/C15H28N4O3/c1-4-18(5-6-20)7-12-8-19(9-13(12)10-21)15-16-14(11(2)3)22-17-15/h11-13,20-21H,4-10H2,1-3H3/t12-,13-/m1/s1. The maximum Gasteiger partial charge on any atom is 0.266 e. The van der Waals surface area contributed by atoms with Gasteiger partial charge in [-0.1, -0.05) is 20.8 Å². The Hall–Kier alpha value is -1.18. The molecule has 22 heavy (non-hydrogen) atoms. The van der Waals surface area contributed by atoms with Crippen LogP contribution in [0.3, 0.4) is 0 Å². The fraction of sp³-hybridized carbons (Fsp3) is 0.867. The van der Waals surface area contributed by atoms with Crippen LogP contribution in [0.1, 0.15) is 32.6 Å². The van der Waals surface area contributed by atoms with E-state index in [1.807, 2.05) is 13.8 Å². The van der Waals surface area contributed by atoms with Gasteiger partial charge in [0.2, 0.25) is 5.89 Å². The predicted octanol–water partition coefficient (Wildman–Crippen LogP) is 0.552. The van der Waals surface area contributed by atoms with Crippen molar-refractivity contribution < 1.29 is 14.7 Å². The highest BCUT2D eigenvalue weighted by molar-refractivity contribution is 5.31. The molecule has 0 unspecified atom stereocenters. The lowest BCUT2D eigenvalue weighted by atomic mass is 9.96. The molecule has 0 aromatic carbocycles. The number of rotatable bonds is 8. The molecule has 2 atom stereocenters. The van der Waals surface area contributed by atoms with Gasteiger partial charge in [0.25, 0.3) is 5.95 Å². The Morgan fingerprint density at radius 2 is 2.05 bits per heavy atom. The second kappa shape index (κ2) is 7.89. The van der Waals surface area contributed by atoms with Crippen molar-refractivity contribution in [3.05, 3.63) is 5.89 Å². The summed E-state index contributed by atoms with van der Waals surface area (Å²) in [5.41, 5.74) is 0. The van der Waals surface area contributed by atoms with Gasteiger partial charge >= 0.3 is 0 Å². The number of aromatic nitrogens is 2. The van der Waals surface area contributed by atoms with E-state index in [9.17, 15) is 5.11 Å². The number of hydrogen-bond donors (Lipinski definition) is 2. The summed E-state index contributed by atoms with van der Waals surface area (Å²) in [5, 5.41) is 22.8. The number of likely N-dealkylation sites (N-methyl/N-ethyl adjacent to an activating group) is 1. The van der Waals surface area contributed by atoms with Crippen molar-refractivity contribution in [3.8, 4) is 0 Å². The van der Waals surface area contributed by atoms with Crippen molar-refractivity contribution >= 4 is 5.95 Å². The van der Waals surface area contributed by atoms with Crippen LogP contribution >= 0.6 is 0 Å². The van der Waals surface area contributed by atoms with Crippen LogP contribution in [0.15, 0.2) is 4.52 Å². The molecule has 2 N–H and O–H groups in total. The molecule has 7 nitrogen and oxygen atoms in total. The van der Waals surface area contributed by atoms with Crippen molar-refractivity contribution in [2.24, 2.45) is 11.8 Å². The Morgan fingerprint density at radius 1 is 1.32 bits per heavy atom. The van der Waals surface area contributed by atoms with Crippen LogP contribution in [0.2, 0.25) is 0 Å². The minimum absolute atomic E-state index is 0.159. The fourth-order valence-corrected chi connectivity index (χ4v) is 2.96. The lowest BCUT2D eigenvalue weighted by Crippen LogP contribution is -2.35. The quantitative estimate of drug-likeness (QED) is 0.725. The van der Waals surface area contributed by atoms with Gasteiger partial charge in [0.1, 0.15) is 0 Å². The van der Waals surface area contributed by atoms with Crippen LogP contribution in [0, 0.1) is 11.8 Å². The molecule has 0 saturated carbocycles. The van der Waals surface area contributed by atoms with Crippen molar-refractivity contribution in [3.63, 3.8) is 0 Å². The van der Waals surface area contributed by atoms with Crippen molar-refractivity contribution in [1.82, 2.24) is 15.0 Å². The minimum Gasteiger partial charge on any atom is -0.396 e. The van der Waals surface area contributed by atoms with Crippen molar-refractivity contribution in [1.29, 1.82) is 0 Å². The highest BCUT2D eigenvalue weighted by atomic mass is 16.5. The van der Waals surface area contributed by atoms with E-state index >= 15 is 0 Å². The van der Waals surface area contributed by atoms with Gasteiger partial charge < -0.3 is 24.5 Å². The van der Waals surface area contributed by atoms with Crippen LogP contribution in [-0.2, 0) is 0 Å². The summed E-state index contributed by atoms with van der Waals surface area (Å²) in [6.45, 7) is 10.4. The Labute approximate surface area is 131 Å². The monoisotopic (exact) mass is 312 g/mol. The van der Waals surface area contributed by atoms with E-state index in [1.54, 1.807) is 0 Å². The fourth-order valence-electron chi connectivity index (χ4n) is 2.96. The normalized spacial score (nSPS) is 22.2. The molecule has 1 aromatic heterocycles. The van der Waals surface area contributed by atoms with Gasteiger partial charge in [-0.15, -0.1) is 0 Å². The maximum atomic E-state index is 9.65. The number of nitrogens with zero attached hydrogens (tertiary/aromatic N) is 4. The first-order valence-corrected chi connectivity index (χ1v) is 8.11. The van der Waals surface area contributed by atoms with E-state index in [0.29, 0.717) is 24.3 Å². The summed E-state index contributed by atoms with van der Waals surface area (Å²) in [7, 11) is 0. The van der Waals surface area contributed by atoms with E-state index < -0.39 is 0 Å². The third kappa shape index (κ3) is 3.97. The molecule has 0 bridgehead atoms. The molecule has 126 valence electrons. The zero-order valence-corrected chi connectivity index (χ0v) is 13.8. The van der Waals surface area contributed by atoms with Gasteiger partial charge in [-0.25, -0.2) is 0 Å². The first-order chi connectivity index (χ1) is 10.6. The Balaban J connectivity index is 2.01. The van der Waals surface area contributed by atoms with Gasteiger partial charge in [-0.2, -0.15) is 4.98 Å². The molecule has 2 rings (SSSR count). The van der Waals surface area contributed by atoms with Crippen molar-refractivity contribution in [2.45, 2.75) is 26.7 Å². The number of aliphatic hydroxyl groups excluding tert-OH is 2. The van der Waals surface area contributed by atoms with Crippen LogP contribution in [0.25, 0.3) is 0 Å². The second-order valence-corrected chi connectivity index (χ2v) is 6.31. The molecule has 1 aliphatic rings. The number of aliphatic hydroxyl groups is 2. The molecule has 0 aliphatic carbocycles. The van der Waals surface area contributed by atoms with E-state index in [0.717, 1.165) is 26.2 Å². The van der Waals surface area contributed by atoms with Gasteiger partial charge in [0, 0.05) is 44.6 Å². The van der Waals surface area contributed by atoms with E-state index in [4.69, 9.17) is 9.63 Å². The van der Waals surface area contributed by atoms with Crippen molar-refractivity contribution in [2.75, 3.05) is 50.8 Å². The Kier molecular flexibility index (Phi) is 6.16. The average Bonchev–Trinajstić information content (AvgIpc) is 3.13. The summed E-state index contributed by atoms with van der Waals surface area (Å²) in [5.74, 6) is 2.03. The van der Waals surface area contributed by atoms with E-state index in [2.05, 4.69) is 26.9 Å². The molecule has 1 fully saturated rings. The van der Waals surface area contributed by atoms with Crippen LogP contribution < -0.4 is 4.90 Å². The zero-order chi connectivity index (χ0) is 16.1. The predicted molar refractivity (Wildman–Crippen MR) is 83.9 cm³/mol. The molecular formula is C15H28N4O3. The summed E-state index contributed by atoms with van der Waals surface area (Å²) >= 11 is 0. The lowest BCUT2D eigenvalue weighted by Gasteiger charge is -2.25. The zero-order valence-electron chi connectivity index (χ0n) is 13.8. The molecule has 1 aromatic rings. The van der Waals surface area contributed by atoms with Crippen LogP contribution in [-0.4, -0.2) is 71.2 Å². The molecule has 1 aliphatic heterocycles. The van der Waals surface area contributed by atoms with Crippen LogP contribution in [0.4, 0.5) is 5.95 Å². The smallest absolute Gasteiger partial charge is 0.266 e. The topological polar surface area (TPSA) is 85.9 Å². The summed E-state index contributed by atoms with van der Waals surface area (Å²) < 4.78 is 5.27. The van der Waals surface area contributed by atoms with E-state index in [-0.39, 0.29) is 25.0 Å². The highest BCUT2D eigenvalue weighted by Crippen LogP contribution is 2.28. The number of anilines is 1. The molecule has 0 spiro atoms. The summed E-state index contributed by atoms with van der Waals surface area (Å²) in [6, 6.07) is 0. The molecule has 0 radical (unpaired) electrons. The molecular weight excluding hydrogens is 284 g/mol. The summed E-state index contributed by atoms with van der Waals surface area (Å²) in [6.07, 6.45) is 0. The molecule has 0 amide bonds. The average molecular weight is 312 g/mol. The SMILES string of the molecule is CCN(CCO)C[C@@H]1CN(c2noc(C(C)C)n2)C[C@@H]1CO. The summed E-state index contributed by atoms with van der Waals surface area (Å²) in [4.78, 5) is 8.75. The third-order valence-corrected chi connectivity index (χ3v) is 4.37. The van der Waals surface area contributed by atoms with Gasteiger partial charge in [-0.05, 0) is 17.6 Å². The Morgan fingerprint density at radius 3 is 2.59 bits per heavy atom. The first-order valence-electron chi connectivity index (χ1n) is 8.11. The molecule has 2 heterocycles. The van der Waals surface area contributed by atoms with Gasteiger partial charge in [0.15, 0.2) is 0 Å². The minimum atomic E-state index is 0.159. The van der Waals surface area contributed by atoms with E-state index in [1.165, 1.54) is 0 Å². The van der Waals surface area contributed by atoms with Crippen LogP contribution in [0.5, 0.6) is 0 Å². The molecule has 1 saturated heterocycles. The second-order valence-electron chi connectivity index (χ2n) is 6.31. The maximum absolute atomic E-state index is 9.65. The van der Waals surface area contributed by atoms with Gasteiger partial charge in [-0.3, -0.25) is 0 Å². The third-order valence-electron chi connectivity index (χ3n) is 4.37. The lowest BCUT2D eigenvalue weighted by molar-refractivity contribution is 0.147. The highest BCUT2D eigenvalue weighted by Gasteiger charge is 2.35. The first kappa shape index (κ1) is 17.2. The van der Waals surface area contributed by atoms with Gasteiger partial charge in [0.05, 0.1) is 6.61 Å². The number of hydrogen-bond acceptors (Lipinski definition) is 7. The molecule has 7 heteroatoms. The largest absolute Gasteiger partial charge is 0.396 e.